The second-order valence-corrected chi connectivity index (χ2v) is 5.93. The minimum atomic E-state index is -0.187. The molecule has 0 atom stereocenters. The lowest BCUT2D eigenvalue weighted by molar-refractivity contribution is -0.132. The van der Waals surface area contributed by atoms with Crippen LogP contribution in [-0.4, -0.2) is 56.0 Å². The van der Waals surface area contributed by atoms with Crippen molar-refractivity contribution in [2.24, 2.45) is 0 Å². The van der Waals surface area contributed by atoms with Crippen LogP contribution in [0.2, 0.25) is 0 Å². The zero-order chi connectivity index (χ0) is 14.8. The molecule has 0 saturated carbocycles. The smallest absolute Gasteiger partial charge is 0.265 e. The van der Waals surface area contributed by atoms with Crippen LogP contribution in [-0.2, 0) is 9.59 Å². The molecule has 2 aliphatic rings. The van der Waals surface area contributed by atoms with Crippen LogP contribution in [0.15, 0.2) is 22.7 Å². The molecule has 1 fully saturated rings. The van der Waals surface area contributed by atoms with Gasteiger partial charge in [-0.2, -0.15) is 0 Å². The van der Waals surface area contributed by atoms with Gasteiger partial charge in [0.25, 0.3) is 5.91 Å². The Morgan fingerprint density at radius 3 is 2.77 bits per heavy atom. The number of carbonyl (C=O) groups excluding carboxylic acids is 2. The Labute approximate surface area is 143 Å². The average Bonchev–Trinajstić information content (AvgIpc) is 2.51. The fraction of sp³-hybridized carbons (Fsp3) is 0.429. The topological polar surface area (TPSA) is 61.9 Å². The summed E-state index contributed by atoms with van der Waals surface area (Å²) in [5, 5.41) is 3.20. The maximum Gasteiger partial charge on any atom is 0.265 e. The first-order valence-corrected chi connectivity index (χ1v) is 7.65. The van der Waals surface area contributed by atoms with Crippen LogP contribution >= 0.6 is 28.3 Å². The molecule has 2 heterocycles. The molecule has 1 aromatic rings. The number of ether oxygens (including phenoxy) is 1. The Hall–Kier alpha value is -1.31. The van der Waals surface area contributed by atoms with Gasteiger partial charge in [0, 0.05) is 30.7 Å². The third-order valence-corrected chi connectivity index (χ3v) is 4.12. The minimum absolute atomic E-state index is 0. The van der Waals surface area contributed by atoms with Crippen LogP contribution in [0.4, 0.5) is 5.69 Å². The van der Waals surface area contributed by atoms with Crippen molar-refractivity contribution < 1.29 is 14.3 Å². The lowest BCUT2D eigenvalue weighted by Crippen LogP contribution is -2.51. The van der Waals surface area contributed by atoms with Crippen molar-refractivity contribution in [3.05, 3.63) is 22.7 Å². The van der Waals surface area contributed by atoms with Crippen molar-refractivity contribution >= 4 is 45.8 Å². The molecule has 22 heavy (non-hydrogen) atoms. The van der Waals surface area contributed by atoms with E-state index < -0.39 is 0 Å². The maximum absolute atomic E-state index is 12.3. The van der Waals surface area contributed by atoms with Gasteiger partial charge in [-0.25, -0.2) is 0 Å². The molecule has 2 amide bonds. The highest BCUT2D eigenvalue weighted by Crippen LogP contribution is 2.34. The molecule has 0 spiro atoms. The highest BCUT2D eigenvalue weighted by Gasteiger charge is 2.29. The number of fused-ring (bicyclic) bond motifs is 1. The third kappa shape index (κ3) is 3.53. The molecular formula is C14H17BrClN3O3. The van der Waals surface area contributed by atoms with Crippen molar-refractivity contribution in [3.63, 3.8) is 0 Å². The molecule has 1 N–H and O–H groups in total. The number of carbonyl (C=O) groups is 2. The summed E-state index contributed by atoms with van der Waals surface area (Å²) in [7, 11) is 0. The molecule has 0 radical (unpaired) electrons. The van der Waals surface area contributed by atoms with E-state index in [0.717, 1.165) is 17.6 Å². The van der Waals surface area contributed by atoms with Gasteiger partial charge in [0.1, 0.15) is 12.3 Å². The van der Waals surface area contributed by atoms with Gasteiger partial charge in [-0.1, -0.05) is 15.9 Å². The van der Waals surface area contributed by atoms with Crippen molar-refractivity contribution in [1.29, 1.82) is 0 Å². The maximum atomic E-state index is 12.3. The lowest BCUT2D eigenvalue weighted by Gasteiger charge is -2.33. The van der Waals surface area contributed by atoms with Crippen LogP contribution in [0.25, 0.3) is 0 Å². The van der Waals surface area contributed by atoms with E-state index in [9.17, 15) is 9.59 Å². The summed E-state index contributed by atoms with van der Waals surface area (Å²) < 4.78 is 6.30. The summed E-state index contributed by atoms with van der Waals surface area (Å²) in [4.78, 5) is 27.7. The summed E-state index contributed by atoms with van der Waals surface area (Å²) in [5.41, 5.74) is 0.651. The van der Waals surface area contributed by atoms with Gasteiger partial charge in [0.2, 0.25) is 5.91 Å². The molecule has 8 heteroatoms. The lowest BCUT2D eigenvalue weighted by atomic mass is 10.2. The van der Waals surface area contributed by atoms with Gasteiger partial charge in [-0.3, -0.25) is 14.5 Å². The fourth-order valence-corrected chi connectivity index (χ4v) is 2.84. The fourth-order valence-electron chi connectivity index (χ4n) is 2.50. The van der Waals surface area contributed by atoms with Gasteiger partial charge in [0.15, 0.2) is 6.61 Å². The van der Waals surface area contributed by atoms with Crippen molar-refractivity contribution in [2.75, 3.05) is 44.2 Å². The molecular weight excluding hydrogens is 374 g/mol. The number of hydrogen-bond acceptors (Lipinski definition) is 4. The SMILES string of the molecule is Cl.O=C(CN1C(=O)COc2cc(Br)ccc21)N1CCNCC1. The van der Waals surface area contributed by atoms with E-state index in [0.29, 0.717) is 24.5 Å². The first-order valence-electron chi connectivity index (χ1n) is 6.86. The number of nitrogens with one attached hydrogen (secondary N) is 1. The molecule has 0 aliphatic carbocycles. The Morgan fingerprint density at radius 1 is 1.32 bits per heavy atom. The molecule has 0 unspecified atom stereocenters. The third-order valence-electron chi connectivity index (χ3n) is 3.63. The van der Waals surface area contributed by atoms with E-state index in [4.69, 9.17) is 4.74 Å². The summed E-state index contributed by atoms with van der Waals surface area (Å²) in [6.07, 6.45) is 0. The summed E-state index contributed by atoms with van der Waals surface area (Å²) >= 11 is 3.37. The minimum Gasteiger partial charge on any atom is -0.482 e. The van der Waals surface area contributed by atoms with E-state index in [1.165, 1.54) is 4.90 Å². The number of rotatable bonds is 2. The average molecular weight is 391 g/mol. The molecule has 2 aliphatic heterocycles. The van der Waals surface area contributed by atoms with Gasteiger partial charge in [-0.05, 0) is 18.2 Å². The second kappa shape index (κ2) is 7.30. The standard InChI is InChI=1S/C14H16BrN3O3.ClH/c15-10-1-2-11-12(7-10)21-9-14(20)18(11)8-13(19)17-5-3-16-4-6-17;/h1-2,7,16H,3-6,8-9H2;1H. The van der Waals surface area contributed by atoms with Gasteiger partial charge >= 0.3 is 0 Å². The molecule has 0 aromatic heterocycles. The molecule has 120 valence electrons. The van der Waals surface area contributed by atoms with Crippen molar-refractivity contribution in [1.82, 2.24) is 10.2 Å². The number of anilines is 1. The Morgan fingerprint density at radius 2 is 2.05 bits per heavy atom. The van der Waals surface area contributed by atoms with Crippen LogP contribution in [0.5, 0.6) is 5.75 Å². The van der Waals surface area contributed by atoms with Gasteiger partial charge in [-0.15, -0.1) is 12.4 Å². The number of benzene rings is 1. The molecule has 3 rings (SSSR count). The zero-order valence-electron chi connectivity index (χ0n) is 11.9. The van der Waals surface area contributed by atoms with E-state index in [-0.39, 0.29) is 37.4 Å². The highest BCUT2D eigenvalue weighted by molar-refractivity contribution is 9.10. The van der Waals surface area contributed by atoms with Gasteiger partial charge in [0.05, 0.1) is 5.69 Å². The van der Waals surface area contributed by atoms with E-state index in [1.807, 2.05) is 12.1 Å². The number of amides is 2. The summed E-state index contributed by atoms with van der Waals surface area (Å²) in [6.45, 7) is 3.00. The number of nitrogens with zero attached hydrogens (tertiary/aromatic N) is 2. The molecule has 1 aromatic carbocycles. The highest BCUT2D eigenvalue weighted by atomic mass is 79.9. The normalized spacial score (nSPS) is 17.4. The van der Waals surface area contributed by atoms with Gasteiger partial charge < -0.3 is 15.0 Å². The summed E-state index contributed by atoms with van der Waals surface area (Å²) in [5.74, 6) is 0.408. The monoisotopic (exact) mass is 389 g/mol. The molecule has 6 nitrogen and oxygen atoms in total. The number of piperazine rings is 1. The Balaban J connectivity index is 0.00000176. The quantitative estimate of drug-likeness (QED) is 0.819. The van der Waals surface area contributed by atoms with Crippen LogP contribution < -0.4 is 15.0 Å². The predicted molar refractivity (Wildman–Crippen MR) is 88.7 cm³/mol. The Bertz CT molecular complexity index is 578. The first kappa shape index (κ1) is 17.1. The number of hydrogen-bond donors (Lipinski definition) is 1. The van der Waals surface area contributed by atoms with Crippen LogP contribution in [0.3, 0.4) is 0 Å². The Kier molecular flexibility index (Phi) is 5.66. The first-order chi connectivity index (χ1) is 10.1. The largest absolute Gasteiger partial charge is 0.482 e. The van der Waals surface area contributed by atoms with Crippen LogP contribution in [0.1, 0.15) is 0 Å². The van der Waals surface area contributed by atoms with E-state index in [1.54, 1.807) is 11.0 Å². The van der Waals surface area contributed by atoms with Crippen molar-refractivity contribution in [2.45, 2.75) is 0 Å². The summed E-state index contributed by atoms with van der Waals surface area (Å²) in [6, 6.07) is 5.44. The van der Waals surface area contributed by atoms with Crippen LogP contribution in [0, 0.1) is 0 Å². The second-order valence-electron chi connectivity index (χ2n) is 5.01. The van der Waals surface area contributed by atoms with E-state index >= 15 is 0 Å². The molecule has 0 bridgehead atoms. The molecule has 1 saturated heterocycles. The zero-order valence-corrected chi connectivity index (χ0v) is 14.3. The predicted octanol–water partition coefficient (Wildman–Crippen LogP) is 1.03. The number of halogens is 2. The van der Waals surface area contributed by atoms with E-state index in [2.05, 4.69) is 21.2 Å². The van der Waals surface area contributed by atoms with Crippen molar-refractivity contribution in [3.8, 4) is 5.75 Å².